The summed E-state index contributed by atoms with van der Waals surface area (Å²) in [5.41, 5.74) is 0.0526. The van der Waals surface area contributed by atoms with Crippen molar-refractivity contribution in [3.05, 3.63) is 0 Å². The quantitative estimate of drug-likeness (QED) is 0.654. The molecule has 0 aromatic heterocycles. The molecule has 0 spiro atoms. The van der Waals surface area contributed by atoms with E-state index in [1.807, 2.05) is 0 Å². The van der Waals surface area contributed by atoms with Crippen LogP contribution < -0.4 is 5.32 Å². The summed E-state index contributed by atoms with van der Waals surface area (Å²) in [4.78, 5) is 0. The van der Waals surface area contributed by atoms with E-state index in [1.54, 1.807) is 6.92 Å². The Morgan fingerprint density at radius 3 is 2.83 bits per heavy atom. The van der Waals surface area contributed by atoms with Crippen LogP contribution in [0.5, 0.6) is 0 Å². The molecule has 12 heavy (non-hydrogen) atoms. The summed E-state index contributed by atoms with van der Waals surface area (Å²) in [5.74, 6) is 0. The third-order valence-corrected chi connectivity index (χ3v) is 2.69. The minimum absolute atomic E-state index is 0.0526. The second-order valence-electron chi connectivity index (χ2n) is 3.91. The minimum Gasteiger partial charge on any atom is -0.392 e. The first kappa shape index (κ1) is 9.96. The van der Waals surface area contributed by atoms with Gasteiger partial charge in [-0.05, 0) is 27.2 Å². The standard InChI is InChI=1S/C9H19NO2/c1-7(11)6-10-9(3)4-5-12-8(9)2/h7-8,10-11H,4-6H2,1-3H3. The molecule has 3 atom stereocenters. The first-order valence-corrected chi connectivity index (χ1v) is 4.59. The molecule has 1 heterocycles. The van der Waals surface area contributed by atoms with Crippen LogP contribution in [0, 0.1) is 0 Å². The fourth-order valence-electron chi connectivity index (χ4n) is 1.45. The summed E-state index contributed by atoms with van der Waals surface area (Å²) in [5, 5.41) is 12.4. The average Bonchev–Trinajstić information content (AvgIpc) is 2.30. The van der Waals surface area contributed by atoms with Crippen LogP contribution in [0.25, 0.3) is 0 Å². The smallest absolute Gasteiger partial charge is 0.0726 e. The molecule has 0 aromatic carbocycles. The van der Waals surface area contributed by atoms with E-state index in [0.717, 1.165) is 13.0 Å². The van der Waals surface area contributed by atoms with Gasteiger partial charge in [0.2, 0.25) is 0 Å². The normalized spacial score (nSPS) is 38.5. The maximum atomic E-state index is 9.11. The molecule has 0 bridgehead atoms. The number of β-amino-alcohol motifs (C(OH)–C–C–N with tert-alkyl or cyclic N) is 1. The van der Waals surface area contributed by atoms with E-state index < -0.39 is 0 Å². The van der Waals surface area contributed by atoms with E-state index in [-0.39, 0.29) is 17.7 Å². The Bertz CT molecular complexity index is 149. The molecule has 3 nitrogen and oxygen atoms in total. The van der Waals surface area contributed by atoms with Crippen LogP contribution in [0.1, 0.15) is 27.2 Å². The molecule has 1 aliphatic heterocycles. The van der Waals surface area contributed by atoms with E-state index in [4.69, 9.17) is 9.84 Å². The number of aliphatic hydroxyl groups excluding tert-OH is 1. The zero-order valence-corrected chi connectivity index (χ0v) is 8.13. The average molecular weight is 173 g/mol. The Hall–Kier alpha value is -0.120. The van der Waals surface area contributed by atoms with Crippen LogP contribution in [-0.4, -0.2) is 36.0 Å². The number of nitrogens with one attached hydrogen (secondary N) is 1. The van der Waals surface area contributed by atoms with Crippen molar-refractivity contribution in [2.45, 2.75) is 44.9 Å². The number of hydrogen-bond acceptors (Lipinski definition) is 3. The van der Waals surface area contributed by atoms with Gasteiger partial charge >= 0.3 is 0 Å². The van der Waals surface area contributed by atoms with Crippen molar-refractivity contribution in [3.8, 4) is 0 Å². The van der Waals surface area contributed by atoms with Gasteiger partial charge in [-0.1, -0.05) is 0 Å². The van der Waals surface area contributed by atoms with Crippen molar-refractivity contribution < 1.29 is 9.84 Å². The number of rotatable bonds is 3. The fraction of sp³-hybridized carbons (Fsp3) is 1.00. The molecule has 1 saturated heterocycles. The van der Waals surface area contributed by atoms with Crippen LogP contribution in [0.4, 0.5) is 0 Å². The van der Waals surface area contributed by atoms with Crippen molar-refractivity contribution in [2.24, 2.45) is 0 Å². The Morgan fingerprint density at radius 1 is 1.75 bits per heavy atom. The molecule has 0 saturated carbocycles. The molecule has 3 heteroatoms. The Labute approximate surface area is 74.1 Å². The molecule has 0 aliphatic carbocycles. The lowest BCUT2D eigenvalue weighted by molar-refractivity contribution is 0.0819. The molecule has 0 amide bonds. The van der Waals surface area contributed by atoms with Gasteiger partial charge < -0.3 is 15.2 Å². The van der Waals surface area contributed by atoms with Gasteiger partial charge in [-0.25, -0.2) is 0 Å². The van der Waals surface area contributed by atoms with Gasteiger partial charge in [0.05, 0.1) is 12.2 Å². The van der Waals surface area contributed by atoms with Gasteiger partial charge in [-0.3, -0.25) is 0 Å². The highest BCUT2D eigenvalue weighted by Gasteiger charge is 2.36. The molecule has 0 aromatic rings. The van der Waals surface area contributed by atoms with E-state index in [9.17, 15) is 0 Å². The number of ether oxygens (including phenoxy) is 1. The van der Waals surface area contributed by atoms with E-state index in [2.05, 4.69) is 19.2 Å². The second kappa shape index (κ2) is 3.73. The zero-order chi connectivity index (χ0) is 9.19. The molecule has 72 valence electrons. The minimum atomic E-state index is -0.283. The highest BCUT2D eigenvalue weighted by molar-refractivity contribution is 4.93. The molecule has 1 rings (SSSR count). The summed E-state index contributed by atoms with van der Waals surface area (Å²) < 4.78 is 5.46. The van der Waals surface area contributed by atoms with Crippen LogP contribution in [0.15, 0.2) is 0 Å². The van der Waals surface area contributed by atoms with Crippen molar-refractivity contribution in [1.82, 2.24) is 5.32 Å². The molecule has 2 N–H and O–H groups in total. The maximum Gasteiger partial charge on any atom is 0.0726 e. The Kier molecular flexibility index (Phi) is 3.09. The predicted molar refractivity (Wildman–Crippen MR) is 48.1 cm³/mol. The zero-order valence-electron chi connectivity index (χ0n) is 8.13. The Balaban J connectivity index is 2.37. The lowest BCUT2D eigenvalue weighted by Gasteiger charge is -2.29. The Morgan fingerprint density at radius 2 is 2.42 bits per heavy atom. The maximum absolute atomic E-state index is 9.11. The van der Waals surface area contributed by atoms with Gasteiger partial charge in [-0.2, -0.15) is 0 Å². The summed E-state index contributed by atoms with van der Waals surface area (Å²) >= 11 is 0. The first-order valence-electron chi connectivity index (χ1n) is 4.59. The van der Waals surface area contributed by atoms with Crippen molar-refractivity contribution in [3.63, 3.8) is 0 Å². The summed E-state index contributed by atoms with van der Waals surface area (Å²) in [6.45, 7) is 7.47. The monoisotopic (exact) mass is 173 g/mol. The van der Waals surface area contributed by atoms with Crippen LogP contribution in [0.2, 0.25) is 0 Å². The van der Waals surface area contributed by atoms with Gasteiger partial charge in [0.15, 0.2) is 0 Å². The third-order valence-electron chi connectivity index (χ3n) is 2.69. The predicted octanol–water partition coefficient (Wildman–Crippen LogP) is 0.524. The highest BCUT2D eigenvalue weighted by Crippen LogP contribution is 2.24. The second-order valence-corrected chi connectivity index (χ2v) is 3.91. The third kappa shape index (κ3) is 2.19. The molecular weight excluding hydrogens is 154 g/mol. The van der Waals surface area contributed by atoms with Gasteiger partial charge in [0, 0.05) is 18.7 Å². The van der Waals surface area contributed by atoms with Gasteiger partial charge in [-0.15, -0.1) is 0 Å². The van der Waals surface area contributed by atoms with Crippen LogP contribution >= 0.6 is 0 Å². The lowest BCUT2D eigenvalue weighted by Crippen LogP contribution is -2.49. The molecule has 3 unspecified atom stereocenters. The topological polar surface area (TPSA) is 41.5 Å². The fourth-order valence-corrected chi connectivity index (χ4v) is 1.45. The van der Waals surface area contributed by atoms with E-state index in [0.29, 0.717) is 6.54 Å². The SMILES string of the molecule is CC(O)CNC1(C)CCOC1C. The first-order chi connectivity index (χ1) is 5.54. The lowest BCUT2D eigenvalue weighted by atomic mass is 9.94. The molecule has 0 radical (unpaired) electrons. The van der Waals surface area contributed by atoms with Gasteiger partial charge in [0.25, 0.3) is 0 Å². The number of aliphatic hydroxyl groups is 1. The molecular formula is C9H19NO2. The van der Waals surface area contributed by atoms with E-state index in [1.165, 1.54) is 0 Å². The summed E-state index contributed by atoms with van der Waals surface area (Å²) in [6.07, 6.45) is 0.992. The van der Waals surface area contributed by atoms with Crippen molar-refractivity contribution >= 4 is 0 Å². The van der Waals surface area contributed by atoms with Crippen molar-refractivity contribution in [2.75, 3.05) is 13.2 Å². The molecule has 1 aliphatic rings. The van der Waals surface area contributed by atoms with Crippen molar-refractivity contribution in [1.29, 1.82) is 0 Å². The highest BCUT2D eigenvalue weighted by atomic mass is 16.5. The van der Waals surface area contributed by atoms with Crippen LogP contribution in [0.3, 0.4) is 0 Å². The molecule has 1 fully saturated rings. The summed E-state index contributed by atoms with van der Waals surface area (Å²) in [6, 6.07) is 0. The van der Waals surface area contributed by atoms with Crippen LogP contribution in [-0.2, 0) is 4.74 Å². The van der Waals surface area contributed by atoms with E-state index >= 15 is 0 Å². The summed E-state index contributed by atoms with van der Waals surface area (Å²) in [7, 11) is 0. The van der Waals surface area contributed by atoms with Gasteiger partial charge in [0.1, 0.15) is 0 Å². The largest absolute Gasteiger partial charge is 0.392 e. The number of hydrogen-bond donors (Lipinski definition) is 2.